The van der Waals surface area contributed by atoms with Crippen LogP contribution in [0, 0.1) is 0 Å². The predicted molar refractivity (Wildman–Crippen MR) is 97.6 cm³/mol. The highest BCUT2D eigenvalue weighted by atomic mass is 32.2. The zero-order valence-electron chi connectivity index (χ0n) is 15.5. The minimum atomic E-state index is -3.12. The summed E-state index contributed by atoms with van der Waals surface area (Å²) in [6, 6.07) is -0.829. The summed E-state index contributed by atoms with van der Waals surface area (Å²) in [5.41, 5.74) is -0.827. The summed E-state index contributed by atoms with van der Waals surface area (Å²) in [6.45, 7) is -0.292. The van der Waals surface area contributed by atoms with Gasteiger partial charge in [0.05, 0.1) is 11.5 Å². The average Bonchev–Trinajstić information content (AvgIpc) is 3.37. The van der Waals surface area contributed by atoms with Crippen LogP contribution in [-0.2, 0) is 19.4 Å². The van der Waals surface area contributed by atoms with Gasteiger partial charge in [-0.15, -0.1) is 0 Å². The predicted octanol–water partition coefficient (Wildman–Crippen LogP) is 0.809. The first kappa shape index (κ1) is 18.7. The molecule has 0 aromatic carbocycles. The largest absolute Gasteiger partial charge is 0.334 e. The topological polar surface area (TPSA) is 104 Å². The van der Waals surface area contributed by atoms with Gasteiger partial charge in [0.15, 0.2) is 9.84 Å². The van der Waals surface area contributed by atoms with E-state index in [0.717, 1.165) is 43.4 Å². The van der Waals surface area contributed by atoms with Crippen molar-refractivity contribution >= 4 is 27.7 Å². The van der Waals surface area contributed by atoms with Crippen molar-refractivity contribution in [1.29, 1.82) is 0 Å². The van der Waals surface area contributed by atoms with E-state index in [4.69, 9.17) is 0 Å². The maximum atomic E-state index is 13.1. The van der Waals surface area contributed by atoms with Crippen molar-refractivity contribution in [3.63, 3.8) is 0 Å². The first-order chi connectivity index (χ1) is 12.8. The van der Waals surface area contributed by atoms with Crippen LogP contribution < -0.4 is 5.32 Å². The Morgan fingerprint density at radius 3 is 2.33 bits per heavy atom. The summed E-state index contributed by atoms with van der Waals surface area (Å²) in [7, 11) is -3.12. The Morgan fingerprint density at radius 2 is 1.74 bits per heavy atom. The standard InChI is InChI=1S/C18H27N3O5S/c22-15(11-20-16(23)18(19-17(20)24)8-3-4-9-18)21(13-5-1-2-6-13)14-7-10-27(25,26)12-14/h13-14H,1-12H2,(H,19,24)/t14-/m0/s1. The molecule has 0 bridgehead atoms. The zero-order valence-corrected chi connectivity index (χ0v) is 16.3. The van der Waals surface area contributed by atoms with Gasteiger partial charge in [-0.2, -0.15) is 0 Å². The van der Waals surface area contributed by atoms with Gasteiger partial charge in [-0.1, -0.05) is 25.7 Å². The van der Waals surface area contributed by atoms with E-state index in [1.54, 1.807) is 4.90 Å². The highest BCUT2D eigenvalue weighted by Gasteiger charge is 2.53. The van der Waals surface area contributed by atoms with Crippen LogP contribution in [0.2, 0.25) is 0 Å². The third-order valence-electron chi connectivity index (χ3n) is 6.60. The Morgan fingerprint density at radius 1 is 1.07 bits per heavy atom. The Balaban J connectivity index is 1.52. The SMILES string of the molecule is O=C1NC2(CCCC2)C(=O)N1CC(=O)N(C1CCCC1)[C@H]1CCS(=O)(=O)C1. The fourth-order valence-electron chi connectivity index (χ4n) is 5.24. The lowest BCUT2D eigenvalue weighted by Gasteiger charge is -2.35. The van der Waals surface area contributed by atoms with Crippen molar-refractivity contribution in [2.75, 3.05) is 18.1 Å². The van der Waals surface area contributed by atoms with Crippen LogP contribution in [0.5, 0.6) is 0 Å². The minimum absolute atomic E-state index is 0.0111. The maximum absolute atomic E-state index is 13.1. The highest BCUT2D eigenvalue weighted by Crippen LogP contribution is 2.35. The summed E-state index contributed by atoms with van der Waals surface area (Å²) < 4.78 is 23.9. The molecule has 1 atom stereocenters. The monoisotopic (exact) mass is 397 g/mol. The van der Waals surface area contributed by atoms with Crippen molar-refractivity contribution in [3.05, 3.63) is 0 Å². The summed E-state index contributed by atoms with van der Waals surface area (Å²) in [6.07, 6.45) is 7.20. The van der Waals surface area contributed by atoms with Gasteiger partial charge in [-0.25, -0.2) is 13.2 Å². The molecule has 150 valence electrons. The maximum Gasteiger partial charge on any atom is 0.325 e. The van der Waals surface area contributed by atoms with Crippen LogP contribution in [0.3, 0.4) is 0 Å². The number of hydrogen-bond donors (Lipinski definition) is 1. The van der Waals surface area contributed by atoms with Gasteiger partial charge in [0.25, 0.3) is 5.91 Å². The van der Waals surface area contributed by atoms with E-state index in [9.17, 15) is 22.8 Å². The Labute approximate surface area is 159 Å². The lowest BCUT2D eigenvalue weighted by molar-refractivity contribution is -0.141. The Bertz CT molecular complexity index is 753. The third-order valence-corrected chi connectivity index (χ3v) is 8.35. The van der Waals surface area contributed by atoms with Crippen LogP contribution in [-0.4, -0.2) is 71.7 Å². The third kappa shape index (κ3) is 3.34. The normalized spacial score (nSPS) is 29.6. The molecule has 4 aliphatic rings. The smallest absolute Gasteiger partial charge is 0.325 e. The molecule has 4 fully saturated rings. The van der Waals surface area contributed by atoms with Gasteiger partial charge < -0.3 is 10.2 Å². The van der Waals surface area contributed by atoms with E-state index in [1.807, 2.05) is 0 Å². The zero-order chi connectivity index (χ0) is 19.2. The molecular weight excluding hydrogens is 370 g/mol. The van der Waals surface area contributed by atoms with Crippen molar-refractivity contribution in [1.82, 2.24) is 15.1 Å². The minimum Gasteiger partial charge on any atom is -0.334 e. The fraction of sp³-hybridized carbons (Fsp3) is 0.833. The van der Waals surface area contributed by atoms with Gasteiger partial charge >= 0.3 is 6.03 Å². The number of sulfone groups is 1. The van der Waals surface area contributed by atoms with Crippen LogP contribution in [0.4, 0.5) is 4.79 Å². The molecule has 2 saturated carbocycles. The summed E-state index contributed by atoms with van der Waals surface area (Å²) in [5, 5.41) is 2.80. The Kier molecular flexibility index (Phi) is 4.68. The molecule has 27 heavy (non-hydrogen) atoms. The molecule has 4 amide bonds. The molecule has 2 aliphatic heterocycles. The average molecular weight is 397 g/mol. The van der Waals surface area contributed by atoms with E-state index in [-0.39, 0.29) is 41.9 Å². The van der Waals surface area contributed by atoms with E-state index >= 15 is 0 Å². The summed E-state index contributed by atoms with van der Waals surface area (Å²) in [4.78, 5) is 41.1. The van der Waals surface area contributed by atoms with Crippen LogP contribution in [0.1, 0.15) is 57.8 Å². The molecule has 0 radical (unpaired) electrons. The molecule has 2 heterocycles. The number of nitrogens with zero attached hydrogens (tertiary/aromatic N) is 2. The van der Waals surface area contributed by atoms with E-state index in [0.29, 0.717) is 19.3 Å². The van der Waals surface area contributed by atoms with Crippen LogP contribution in [0.25, 0.3) is 0 Å². The van der Waals surface area contributed by atoms with Crippen molar-refractivity contribution in [2.45, 2.75) is 75.4 Å². The molecule has 4 rings (SSSR count). The summed E-state index contributed by atoms with van der Waals surface area (Å²) >= 11 is 0. The number of imide groups is 1. The molecule has 0 aromatic rings. The van der Waals surface area contributed by atoms with Crippen molar-refractivity contribution < 1.29 is 22.8 Å². The molecule has 0 unspecified atom stereocenters. The molecule has 9 heteroatoms. The van der Waals surface area contributed by atoms with E-state index < -0.39 is 21.4 Å². The van der Waals surface area contributed by atoms with Gasteiger partial charge in [0.2, 0.25) is 5.91 Å². The molecule has 8 nitrogen and oxygen atoms in total. The molecule has 2 aliphatic carbocycles. The number of hydrogen-bond acceptors (Lipinski definition) is 5. The van der Waals surface area contributed by atoms with Crippen molar-refractivity contribution in [3.8, 4) is 0 Å². The molecular formula is C18H27N3O5S. The first-order valence-corrected chi connectivity index (χ1v) is 11.8. The molecule has 1 spiro atoms. The Hall–Kier alpha value is -1.64. The summed E-state index contributed by atoms with van der Waals surface area (Å²) in [5.74, 6) is -0.522. The number of nitrogens with one attached hydrogen (secondary N) is 1. The molecule has 2 saturated heterocycles. The quantitative estimate of drug-likeness (QED) is 0.707. The number of rotatable bonds is 4. The van der Waals surface area contributed by atoms with E-state index in [2.05, 4.69) is 5.32 Å². The van der Waals surface area contributed by atoms with Gasteiger partial charge in [0, 0.05) is 12.1 Å². The number of carbonyl (C=O) groups is 3. The van der Waals surface area contributed by atoms with Gasteiger partial charge in [0.1, 0.15) is 12.1 Å². The first-order valence-electron chi connectivity index (χ1n) is 9.97. The van der Waals surface area contributed by atoms with Gasteiger partial charge in [-0.05, 0) is 32.1 Å². The molecule has 1 N–H and O–H groups in total. The number of carbonyl (C=O) groups excluding carboxylic acids is 3. The van der Waals surface area contributed by atoms with Gasteiger partial charge in [-0.3, -0.25) is 14.5 Å². The van der Waals surface area contributed by atoms with E-state index in [1.165, 1.54) is 0 Å². The van der Waals surface area contributed by atoms with Crippen molar-refractivity contribution in [2.24, 2.45) is 0 Å². The second kappa shape index (κ2) is 6.76. The number of urea groups is 1. The fourth-order valence-corrected chi connectivity index (χ4v) is 6.95. The highest BCUT2D eigenvalue weighted by molar-refractivity contribution is 7.91. The second-order valence-corrected chi connectivity index (χ2v) is 10.6. The molecule has 0 aromatic heterocycles. The number of amides is 4. The lowest BCUT2D eigenvalue weighted by atomic mass is 9.98. The second-order valence-electron chi connectivity index (χ2n) is 8.41. The van der Waals surface area contributed by atoms with Crippen LogP contribution in [0.15, 0.2) is 0 Å². The lowest BCUT2D eigenvalue weighted by Crippen LogP contribution is -2.52. The van der Waals surface area contributed by atoms with Crippen LogP contribution >= 0.6 is 0 Å².